The average molecular weight is 328 g/mol. The minimum atomic E-state index is -0.396. The third-order valence-corrected chi connectivity index (χ3v) is 3.19. The number of hydrogen-bond acceptors (Lipinski definition) is 5. The van der Waals surface area contributed by atoms with Gasteiger partial charge in [-0.05, 0) is 55.3 Å². The van der Waals surface area contributed by atoms with Crippen molar-refractivity contribution in [2.24, 2.45) is 5.10 Å². The molecule has 0 unspecified atom stereocenters. The second kappa shape index (κ2) is 8.01. The van der Waals surface area contributed by atoms with E-state index < -0.39 is 5.91 Å². The molecule has 0 saturated heterocycles. The first kappa shape index (κ1) is 17.3. The zero-order valence-electron chi connectivity index (χ0n) is 13.9. The van der Waals surface area contributed by atoms with Crippen molar-refractivity contribution in [1.29, 1.82) is 0 Å². The molecule has 6 heteroatoms. The number of benzene rings is 2. The summed E-state index contributed by atoms with van der Waals surface area (Å²) in [4.78, 5) is 11.7. The zero-order chi connectivity index (χ0) is 17.5. The quantitative estimate of drug-likeness (QED) is 0.631. The van der Waals surface area contributed by atoms with Crippen LogP contribution in [0.3, 0.4) is 0 Å². The highest BCUT2D eigenvalue weighted by Crippen LogP contribution is 2.21. The van der Waals surface area contributed by atoms with E-state index in [0.29, 0.717) is 17.1 Å². The van der Waals surface area contributed by atoms with Crippen LogP contribution in [-0.2, 0) is 4.79 Å². The van der Waals surface area contributed by atoms with Gasteiger partial charge in [0.25, 0.3) is 5.91 Å². The first-order valence-electron chi connectivity index (χ1n) is 7.38. The standard InChI is InChI=1S/C18H20N2O4/c1-12-6-13(2)8-16(7-12)24-11-18(22)20-19-10-14-9-15(23-3)4-5-17(14)21/h4-10,21H,11H2,1-3H3,(H,20,22). The topological polar surface area (TPSA) is 80.2 Å². The Labute approximate surface area is 140 Å². The Morgan fingerprint density at radius 2 is 1.88 bits per heavy atom. The van der Waals surface area contributed by atoms with Gasteiger partial charge in [0.15, 0.2) is 6.61 Å². The number of phenols is 1. The number of carbonyl (C=O) groups is 1. The number of carbonyl (C=O) groups excluding carboxylic acids is 1. The van der Waals surface area contributed by atoms with Crippen LogP contribution in [0.15, 0.2) is 41.5 Å². The van der Waals surface area contributed by atoms with Crippen LogP contribution in [0.1, 0.15) is 16.7 Å². The number of phenolic OH excluding ortho intramolecular Hbond substituents is 1. The molecule has 2 aromatic carbocycles. The summed E-state index contributed by atoms with van der Waals surface area (Å²) in [5.41, 5.74) is 4.92. The molecule has 0 aliphatic rings. The summed E-state index contributed by atoms with van der Waals surface area (Å²) < 4.78 is 10.5. The Morgan fingerprint density at radius 3 is 2.54 bits per heavy atom. The predicted molar refractivity (Wildman–Crippen MR) is 91.8 cm³/mol. The fourth-order valence-corrected chi connectivity index (χ4v) is 2.13. The summed E-state index contributed by atoms with van der Waals surface area (Å²) in [6.07, 6.45) is 1.34. The van der Waals surface area contributed by atoms with E-state index >= 15 is 0 Å². The Balaban J connectivity index is 1.89. The molecule has 2 N–H and O–H groups in total. The van der Waals surface area contributed by atoms with E-state index in [1.54, 1.807) is 12.1 Å². The van der Waals surface area contributed by atoms with Gasteiger partial charge in [-0.15, -0.1) is 0 Å². The Hall–Kier alpha value is -3.02. The second-order valence-corrected chi connectivity index (χ2v) is 5.33. The van der Waals surface area contributed by atoms with Crippen LogP contribution in [0.2, 0.25) is 0 Å². The lowest BCUT2D eigenvalue weighted by atomic mass is 10.1. The van der Waals surface area contributed by atoms with Gasteiger partial charge in [0.05, 0.1) is 13.3 Å². The molecule has 1 amide bonds. The van der Waals surface area contributed by atoms with Gasteiger partial charge in [-0.2, -0.15) is 5.10 Å². The summed E-state index contributed by atoms with van der Waals surface area (Å²) >= 11 is 0. The van der Waals surface area contributed by atoms with Crippen LogP contribution in [0.4, 0.5) is 0 Å². The molecule has 0 atom stereocenters. The van der Waals surface area contributed by atoms with Gasteiger partial charge in [-0.3, -0.25) is 4.79 Å². The molecule has 6 nitrogen and oxygen atoms in total. The zero-order valence-corrected chi connectivity index (χ0v) is 13.9. The minimum Gasteiger partial charge on any atom is -0.507 e. The monoisotopic (exact) mass is 328 g/mol. The molecule has 24 heavy (non-hydrogen) atoms. The number of ether oxygens (including phenoxy) is 2. The molecule has 2 aromatic rings. The molecule has 0 aliphatic carbocycles. The summed E-state index contributed by atoms with van der Waals surface area (Å²) in [6, 6.07) is 10.5. The number of hydrazone groups is 1. The first-order valence-corrected chi connectivity index (χ1v) is 7.38. The van der Waals surface area contributed by atoms with Crippen LogP contribution in [-0.4, -0.2) is 30.9 Å². The third-order valence-electron chi connectivity index (χ3n) is 3.19. The fraction of sp³-hybridized carbons (Fsp3) is 0.222. The van der Waals surface area contributed by atoms with Gasteiger partial charge < -0.3 is 14.6 Å². The van der Waals surface area contributed by atoms with Gasteiger partial charge in [0, 0.05) is 5.56 Å². The molecule has 0 heterocycles. The maximum Gasteiger partial charge on any atom is 0.277 e. The van der Waals surface area contributed by atoms with Crippen molar-refractivity contribution in [2.75, 3.05) is 13.7 Å². The SMILES string of the molecule is COc1ccc(O)c(C=NNC(=O)COc2cc(C)cc(C)c2)c1. The molecular formula is C18H20N2O4. The molecule has 0 bridgehead atoms. The highest BCUT2D eigenvalue weighted by molar-refractivity contribution is 5.85. The lowest BCUT2D eigenvalue weighted by Gasteiger charge is -2.07. The number of methoxy groups -OCH3 is 1. The summed E-state index contributed by atoms with van der Waals surface area (Å²) in [5, 5.41) is 13.5. The van der Waals surface area contributed by atoms with E-state index in [1.807, 2.05) is 32.0 Å². The van der Waals surface area contributed by atoms with Crippen LogP contribution in [0, 0.1) is 13.8 Å². The molecule has 0 fully saturated rings. The lowest BCUT2D eigenvalue weighted by Crippen LogP contribution is -2.24. The van der Waals surface area contributed by atoms with E-state index in [1.165, 1.54) is 19.4 Å². The highest BCUT2D eigenvalue weighted by Gasteiger charge is 2.04. The van der Waals surface area contributed by atoms with E-state index in [-0.39, 0.29) is 12.4 Å². The molecule has 0 radical (unpaired) electrons. The molecular weight excluding hydrogens is 308 g/mol. The van der Waals surface area contributed by atoms with Gasteiger partial charge in [-0.1, -0.05) is 6.07 Å². The second-order valence-electron chi connectivity index (χ2n) is 5.33. The van der Waals surface area contributed by atoms with Crippen LogP contribution >= 0.6 is 0 Å². The maximum atomic E-state index is 11.7. The average Bonchev–Trinajstić information content (AvgIpc) is 2.54. The molecule has 0 aromatic heterocycles. The van der Waals surface area contributed by atoms with E-state index in [9.17, 15) is 9.90 Å². The number of nitrogens with one attached hydrogen (secondary N) is 1. The maximum absolute atomic E-state index is 11.7. The van der Waals surface area contributed by atoms with Gasteiger partial charge in [-0.25, -0.2) is 5.43 Å². The molecule has 0 saturated carbocycles. The van der Waals surface area contributed by atoms with E-state index in [4.69, 9.17) is 9.47 Å². The van der Waals surface area contributed by atoms with Crippen molar-refractivity contribution in [1.82, 2.24) is 5.43 Å². The van der Waals surface area contributed by atoms with Crippen LogP contribution in [0.5, 0.6) is 17.2 Å². The highest BCUT2D eigenvalue weighted by atomic mass is 16.5. The van der Waals surface area contributed by atoms with Crippen molar-refractivity contribution in [2.45, 2.75) is 13.8 Å². The number of amides is 1. The molecule has 0 spiro atoms. The van der Waals surface area contributed by atoms with Crippen molar-refractivity contribution in [3.05, 3.63) is 53.1 Å². The fourth-order valence-electron chi connectivity index (χ4n) is 2.13. The Kier molecular flexibility index (Phi) is 5.78. The first-order chi connectivity index (χ1) is 11.5. The number of aromatic hydroxyl groups is 1. The summed E-state index contributed by atoms with van der Waals surface area (Å²) in [6.45, 7) is 3.78. The number of nitrogens with zero attached hydrogens (tertiary/aromatic N) is 1. The summed E-state index contributed by atoms with van der Waals surface area (Å²) in [5.74, 6) is 0.865. The smallest absolute Gasteiger partial charge is 0.277 e. The number of rotatable bonds is 6. The van der Waals surface area contributed by atoms with Gasteiger partial charge >= 0.3 is 0 Å². The summed E-state index contributed by atoms with van der Waals surface area (Å²) in [7, 11) is 1.53. The minimum absolute atomic E-state index is 0.0419. The Bertz CT molecular complexity index is 736. The van der Waals surface area contributed by atoms with Gasteiger partial charge in [0.1, 0.15) is 17.2 Å². The van der Waals surface area contributed by atoms with Crippen LogP contribution < -0.4 is 14.9 Å². The van der Waals surface area contributed by atoms with E-state index in [2.05, 4.69) is 10.5 Å². The van der Waals surface area contributed by atoms with Crippen LogP contribution in [0.25, 0.3) is 0 Å². The number of aryl methyl sites for hydroxylation is 2. The van der Waals surface area contributed by atoms with Crippen molar-refractivity contribution in [3.8, 4) is 17.2 Å². The largest absolute Gasteiger partial charge is 0.507 e. The van der Waals surface area contributed by atoms with Crippen molar-refractivity contribution >= 4 is 12.1 Å². The molecule has 126 valence electrons. The van der Waals surface area contributed by atoms with Crippen molar-refractivity contribution in [3.63, 3.8) is 0 Å². The normalized spacial score (nSPS) is 10.6. The lowest BCUT2D eigenvalue weighted by molar-refractivity contribution is -0.123. The molecule has 2 rings (SSSR count). The third kappa shape index (κ3) is 5.01. The van der Waals surface area contributed by atoms with E-state index in [0.717, 1.165) is 11.1 Å². The Morgan fingerprint density at radius 1 is 1.17 bits per heavy atom. The van der Waals surface area contributed by atoms with Crippen molar-refractivity contribution < 1.29 is 19.4 Å². The van der Waals surface area contributed by atoms with Gasteiger partial charge in [0.2, 0.25) is 0 Å². The molecule has 0 aliphatic heterocycles. The number of hydrogen-bond donors (Lipinski definition) is 2. The predicted octanol–water partition coefficient (Wildman–Crippen LogP) is 2.55.